The maximum Gasteiger partial charge on any atom is 0.357 e. The Bertz CT molecular complexity index is 673. The molecular weight excluding hydrogens is 301 g/mol. The predicted octanol–water partition coefficient (Wildman–Crippen LogP) is 1.23. The van der Waals surface area contributed by atoms with Crippen molar-refractivity contribution in [3.63, 3.8) is 0 Å². The summed E-state index contributed by atoms with van der Waals surface area (Å²) in [6, 6.07) is 6.76. The van der Waals surface area contributed by atoms with Gasteiger partial charge in [-0.05, 0) is 37.0 Å². The standard InChI is InChI=1S/C16H18FN3O3/c17-12-7-11(8-12)5-1-3-10-4-2-6-13(9-10)23-15(20-19)14(18)16(21)22/h2,4,6,9,11-12,20H,5,7-8,18-19H2,(H,21,22)/b15-14+. The van der Waals surface area contributed by atoms with Crippen molar-refractivity contribution in [3.05, 3.63) is 41.4 Å². The molecule has 1 aliphatic carbocycles. The molecule has 122 valence electrons. The van der Waals surface area contributed by atoms with Gasteiger partial charge in [-0.1, -0.05) is 17.9 Å². The van der Waals surface area contributed by atoms with Crippen LogP contribution in [0.3, 0.4) is 0 Å². The summed E-state index contributed by atoms with van der Waals surface area (Å²) in [4.78, 5) is 10.8. The molecule has 0 radical (unpaired) electrons. The normalized spacial score (nSPS) is 20.4. The third-order valence-electron chi connectivity index (χ3n) is 3.46. The van der Waals surface area contributed by atoms with Crippen LogP contribution in [0.4, 0.5) is 4.39 Å². The van der Waals surface area contributed by atoms with Crippen LogP contribution in [-0.2, 0) is 4.79 Å². The van der Waals surface area contributed by atoms with Crippen molar-refractivity contribution in [1.82, 2.24) is 5.43 Å². The lowest BCUT2D eigenvalue weighted by molar-refractivity contribution is -0.132. The summed E-state index contributed by atoms with van der Waals surface area (Å²) in [5, 5.41) is 8.82. The van der Waals surface area contributed by atoms with Gasteiger partial charge in [0.1, 0.15) is 11.9 Å². The van der Waals surface area contributed by atoms with Crippen molar-refractivity contribution in [3.8, 4) is 17.6 Å². The molecule has 23 heavy (non-hydrogen) atoms. The average molecular weight is 319 g/mol. The lowest BCUT2D eigenvalue weighted by Gasteiger charge is -2.27. The zero-order valence-electron chi connectivity index (χ0n) is 12.4. The molecule has 0 unspecified atom stereocenters. The number of hydrogen-bond acceptors (Lipinski definition) is 5. The molecule has 0 heterocycles. The third-order valence-corrected chi connectivity index (χ3v) is 3.46. The number of carboxylic acids is 1. The smallest absolute Gasteiger partial charge is 0.357 e. The van der Waals surface area contributed by atoms with Crippen LogP contribution < -0.4 is 21.7 Å². The Kier molecular flexibility index (Phi) is 5.44. The fourth-order valence-electron chi connectivity index (χ4n) is 2.13. The Hall–Kier alpha value is -2.72. The first-order chi connectivity index (χ1) is 11.0. The van der Waals surface area contributed by atoms with Gasteiger partial charge in [0, 0.05) is 12.0 Å². The summed E-state index contributed by atoms with van der Waals surface area (Å²) in [6.07, 6.45) is 1.16. The maximum atomic E-state index is 12.7. The molecule has 1 fully saturated rings. The molecule has 1 aromatic rings. The highest BCUT2D eigenvalue weighted by atomic mass is 19.1. The predicted molar refractivity (Wildman–Crippen MR) is 82.4 cm³/mol. The number of aliphatic carboxylic acids is 1. The second kappa shape index (κ2) is 7.51. The summed E-state index contributed by atoms with van der Waals surface area (Å²) < 4.78 is 18.0. The van der Waals surface area contributed by atoms with E-state index in [1.165, 1.54) is 0 Å². The van der Waals surface area contributed by atoms with E-state index >= 15 is 0 Å². The van der Waals surface area contributed by atoms with Crippen molar-refractivity contribution in [2.45, 2.75) is 25.4 Å². The number of hydrazine groups is 1. The van der Waals surface area contributed by atoms with E-state index in [0.717, 1.165) is 0 Å². The lowest BCUT2D eigenvalue weighted by Crippen LogP contribution is -2.31. The fraction of sp³-hybridized carbons (Fsp3) is 0.312. The van der Waals surface area contributed by atoms with E-state index in [0.29, 0.717) is 36.5 Å². The van der Waals surface area contributed by atoms with Gasteiger partial charge in [0.15, 0.2) is 5.70 Å². The van der Waals surface area contributed by atoms with Gasteiger partial charge in [-0.2, -0.15) is 0 Å². The Morgan fingerprint density at radius 1 is 1.48 bits per heavy atom. The van der Waals surface area contributed by atoms with Crippen molar-refractivity contribution < 1.29 is 19.0 Å². The monoisotopic (exact) mass is 319 g/mol. The first-order valence-corrected chi connectivity index (χ1v) is 7.10. The molecular formula is C16H18FN3O3. The van der Waals surface area contributed by atoms with Gasteiger partial charge in [0.2, 0.25) is 5.88 Å². The number of carboxylic acid groups (broad SMARTS) is 1. The summed E-state index contributed by atoms with van der Waals surface area (Å²) in [6.45, 7) is 0. The number of rotatable bonds is 5. The molecule has 6 nitrogen and oxygen atoms in total. The number of alkyl halides is 1. The van der Waals surface area contributed by atoms with E-state index in [-0.39, 0.29) is 5.88 Å². The largest absolute Gasteiger partial charge is 0.476 e. The van der Waals surface area contributed by atoms with E-state index in [2.05, 4.69) is 17.3 Å². The molecule has 1 saturated carbocycles. The molecule has 0 aliphatic heterocycles. The minimum absolute atomic E-state index is 0.258. The molecule has 1 aliphatic rings. The van der Waals surface area contributed by atoms with Gasteiger partial charge in [0.05, 0.1) is 0 Å². The van der Waals surface area contributed by atoms with Gasteiger partial charge in [0.25, 0.3) is 0 Å². The number of halogens is 1. The highest BCUT2D eigenvalue weighted by Crippen LogP contribution is 2.32. The summed E-state index contributed by atoms with van der Waals surface area (Å²) in [5.41, 5.74) is 7.63. The Morgan fingerprint density at radius 2 is 2.22 bits per heavy atom. The minimum atomic E-state index is -1.35. The molecule has 0 aromatic heterocycles. The second-order valence-electron chi connectivity index (χ2n) is 5.26. The Balaban J connectivity index is 2.03. The highest BCUT2D eigenvalue weighted by Gasteiger charge is 2.27. The molecule has 1 aromatic carbocycles. The topological polar surface area (TPSA) is 111 Å². The zero-order chi connectivity index (χ0) is 16.8. The third kappa shape index (κ3) is 4.63. The quantitative estimate of drug-likeness (QED) is 0.214. The summed E-state index contributed by atoms with van der Waals surface area (Å²) in [7, 11) is 0. The van der Waals surface area contributed by atoms with Crippen LogP contribution in [0.5, 0.6) is 5.75 Å². The lowest BCUT2D eigenvalue weighted by atomic mass is 9.81. The van der Waals surface area contributed by atoms with E-state index in [9.17, 15) is 9.18 Å². The summed E-state index contributed by atoms with van der Waals surface area (Å²) >= 11 is 0. The van der Waals surface area contributed by atoms with E-state index < -0.39 is 17.8 Å². The van der Waals surface area contributed by atoms with E-state index in [1.807, 2.05) is 0 Å². The van der Waals surface area contributed by atoms with Crippen molar-refractivity contribution in [2.24, 2.45) is 17.5 Å². The van der Waals surface area contributed by atoms with Gasteiger partial charge < -0.3 is 15.6 Å². The van der Waals surface area contributed by atoms with Crippen molar-refractivity contribution >= 4 is 5.97 Å². The molecule has 7 heteroatoms. The van der Waals surface area contributed by atoms with Crippen LogP contribution in [0.25, 0.3) is 0 Å². The molecule has 2 rings (SSSR count). The summed E-state index contributed by atoms with van der Waals surface area (Å²) in [5.74, 6) is 10.3. The van der Waals surface area contributed by atoms with Crippen LogP contribution in [0.1, 0.15) is 24.8 Å². The number of benzene rings is 1. The van der Waals surface area contributed by atoms with Crippen molar-refractivity contribution in [1.29, 1.82) is 0 Å². The Morgan fingerprint density at radius 3 is 2.83 bits per heavy atom. The van der Waals surface area contributed by atoms with E-state index in [1.54, 1.807) is 24.3 Å². The Labute approximate surface area is 133 Å². The molecule has 0 saturated heterocycles. The first kappa shape index (κ1) is 16.6. The van der Waals surface area contributed by atoms with Crippen LogP contribution in [-0.4, -0.2) is 17.2 Å². The molecule has 0 amide bonds. The van der Waals surface area contributed by atoms with Crippen LogP contribution >= 0.6 is 0 Å². The highest BCUT2D eigenvalue weighted by molar-refractivity contribution is 5.85. The van der Waals surface area contributed by atoms with Crippen molar-refractivity contribution in [2.75, 3.05) is 0 Å². The minimum Gasteiger partial charge on any atom is -0.476 e. The number of nitrogens with one attached hydrogen (secondary N) is 1. The molecule has 0 atom stereocenters. The maximum absolute atomic E-state index is 12.7. The molecule has 0 bridgehead atoms. The first-order valence-electron chi connectivity index (χ1n) is 7.10. The van der Waals surface area contributed by atoms with Crippen LogP contribution in [0, 0.1) is 17.8 Å². The SMILES string of the molecule is NN/C(Oc1cccc(C#CCC2CC(F)C2)c1)=C(\N)C(=O)O. The average Bonchev–Trinajstić information content (AvgIpc) is 2.50. The molecule has 6 N–H and O–H groups in total. The van der Waals surface area contributed by atoms with Crippen LogP contribution in [0.2, 0.25) is 0 Å². The van der Waals surface area contributed by atoms with Gasteiger partial charge >= 0.3 is 5.97 Å². The van der Waals surface area contributed by atoms with E-state index in [4.69, 9.17) is 21.4 Å². The van der Waals surface area contributed by atoms with Gasteiger partial charge in [-0.25, -0.2) is 15.0 Å². The fourth-order valence-corrected chi connectivity index (χ4v) is 2.13. The number of hydrogen-bond donors (Lipinski definition) is 4. The zero-order valence-corrected chi connectivity index (χ0v) is 12.4. The number of ether oxygens (including phenoxy) is 1. The van der Waals surface area contributed by atoms with Gasteiger partial charge in [-0.3, -0.25) is 5.43 Å². The second-order valence-corrected chi connectivity index (χ2v) is 5.26. The van der Waals surface area contributed by atoms with Gasteiger partial charge in [-0.15, -0.1) is 0 Å². The number of nitrogens with two attached hydrogens (primary N) is 2. The molecule has 0 spiro atoms. The van der Waals surface area contributed by atoms with Crippen LogP contribution in [0.15, 0.2) is 35.8 Å². The number of carbonyl (C=O) groups is 1.